The van der Waals surface area contributed by atoms with Crippen molar-refractivity contribution in [2.45, 2.75) is 53.4 Å². The van der Waals surface area contributed by atoms with Gasteiger partial charge in [-0.05, 0) is 47.8 Å². The quantitative estimate of drug-likeness (QED) is 0.608. The van der Waals surface area contributed by atoms with Gasteiger partial charge in [0.15, 0.2) is 0 Å². The van der Waals surface area contributed by atoms with Crippen LogP contribution < -0.4 is 0 Å². The summed E-state index contributed by atoms with van der Waals surface area (Å²) in [5.41, 5.74) is 0.800. The fourth-order valence-electron chi connectivity index (χ4n) is 5.62. The van der Waals surface area contributed by atoms with Crippen molar-refractivity contribution in [3.05, 3.63) is 0 Å². The van der Waals surface area contributed by atoms with E-state index in [0.29, 0.717) is 28.4 Å². The minimum atomic E-state index is 0.318. The number of hydrogen-bond acceptors (Lipinski definition) is 1. The molecule has 3 aliphatic carbocycles. The van der Waals surface area contributed by atoms with Gasteiger partial charge in [-0.2, -0.15) is 0 Å². The largest absolute Gasteiger partial charge is 0.299 e. The minimum Gasteiger partial charge on any atom is -0.299 e. The Morgan fingerprint density at radius 2 is 1.88 bits per heavy atom. The van der Waals surface area contributed by atoms with Crippen molar-refractivity contribution < 1.29 is 4.79 Å². The predicted molar refractivity (Wildman–Crippen MR) is 65.0 cm³/mol. The molecule has 0 aromatic heterocycles. The first-order chi connectivity index (χ1) is 7.39. The Labute approximate surface area is 99.0 Å². The zero-order valence-electron chi connectivity index (χ0n) is 11.0. The van der Waals surface area contributed by atoms with Gasteiger partial charge in [-0.25, -0.2) is 0 Å². The lowest BCUT2D eigenvalue weighted by Gasteiger charge is -2.38. The highest BCUT2D eigenvalue weighted by Crippen LogP contribution is 2.71. The van der Waals surface area contributed by atoms with E-state index in [-0.39, 0.29) is 0 Å². The summed E-state index contributed by atoms with van der Waals surface area (Å²) in [6, 6.07) is 0. The average molecular weight is 220 g/mol. The molecule has 16 heavy (non-hydrogen) atoms. The third kappa shape index (κ3) is 1.01. The van der Waals surface area contributed by atoms with Gasteiger partial charge in [-0.1, -0.05) is 27.7 Å². The van der Waals surface area contributed by atoms with Gasteiger partial charge in [0, 0.05) is 12.3 Å². The summed E-state index contributed by atoms with van der Waals surface area (Å²) in [6.07, 6.45) is 4.94. The molecule has 2 bridgehead atoms. The van der Waals surface area contributed by atoms with Crippen LogP contribution in [0.4, 0.5) is 0 Å². The van der Waals surface area contributed by atoms with Gasteiger partial charge in [0.1, 0.15) is 5.78 Å². The van der Waals surface area contributed by atoms with Crippen LogP contribution >= 0.6 is 0 Å². The summed E-state index contributed by atoms with van der Waals surface area (Å²) in [5, 5.41) is 0. The maximum absolute atomic E-state index is 12.2. The smallest absolute Gasteiger partial charge is 0.136 e. The van der Waals surface area contributed by atoms with Crippen LogP contribution in [-0.2, 0) is 4.79 Å². The highest BCUT2D eigenvalue weighted by atomic mass is 16.1. The molecule has 0 heterocycles. The zero-order chi connectivity index (χ0) is 11.7. The number of carbonyl (C=O) groups is 1. The molecule has 1 spiro atoms. The topological polar surface area (TPSA) is 17.1 Å². The molecular weight excluding hydrogens is 196 g/mol. The summed E-state index contributed by atoms with van der Waals surface area (Å²) >= 11 is 0. The molecular formula is C15H24O. The zero-order valence-corrected chi connectivity index (χ0v) is 11.0. The van der Waals surface area contributed by atoms with E-state index < -0.39 is 0 Å². The third-order valence-electron chi connectivity index (χ3n) is 6.63. The van der Waals surface area contributed by atoms with Gasteiger partial charge in [0.25, 0.3) is 0 Å². The second-order valence-corrected chi connectivity index (χ2v) is 7.33. The fourth-order valence-corrected chi connectivity index (χ4v) is 5.62. The highest BCUT2D eigenvalue weighted by molar-refractivity contribution is 5.83. The second-order valence-electron chi connectivity index (χ2n) is 7.33. The number of fused-ring (bicyclic) bond motifs is 1. The summed E-state index contributed by atoms with van der Waals surface area (Å²) in [6.45, 7) is 9.42. The number of rotatable bonds is 0. The van der Waals surface area contributed by atoms with Crippen molar-refractivity contribution >= 4 is 5.78 Å². The molecule has 0 radical (unpaired) electrons. The molecule has 0 aromatic carbocycles. The number of carbonyl (C=O) groups excluding carboxylic acids is 1. The molecule has 3 fully saturated rings. The van der Waals surface area contributed by atoms with E-state index in [9.17, 15) is 4.79 Å². The first kappa shape index (κ1) is 10.8. The molecule has 3 aliphatic rings. The molecule has 0 aliphatic heterocycles. The number of hydrogen-bond donors (Lipinski definition) is 0. The Morgan fingerprint density at radius 3 is 2.56 bits per heavy atom. The molecule has 3 saturated carbocycles. The van der Waals surface area contributed by atoms with Crippen molar-refractivity contribution in [1.29, 1.82) is 0 Å². The third-order valence-corrected chi connectivity index (χ3v) is 6.63. The van der Waals surface area contributed by atoms with Crippen molar-refractivity contribution in [2.24, 2.45) is 34.5 Å². The van der Waals surface area contributed by atoms with Crippen molar-refractivity contribution in [3.8, 4) is 0 Å². The SMILES string of the molecule is C[C@H]1C(=O)C[C@@]23C[C@H]1C(C)(C)[C@@H]2CC[C@@H]3C. The second kappa shape index (κ2) is 2.91. The van der Waals surface area contributed by atoms with Crippen molar-refractivity contribution in [1.82, 2.24) is 0 Å². The molecule has 0 amide bonds. The van der Waals surface area contributed by atoms with Crippen LogP contribution in [0.5, 0.6) is 0 Å². The van der Waals surface area contributed by atoms with Crippen LogP contribution in [0.2, 0.25) is 0 Å². The van der Waals surface area contributed by atoms with Crippen LogP contribution in [0, 0.1) is 34.5 Å². The lowest BCUT2D eigenvalue weighted by molar-refractivity contribution is -0.130. The minimum absolute atomic E-state index is 0.318. The summed E-state index contributed by atoms with van der Waals surface area (Å²) in [4.78, 5) is 12.2. The normalized spacial score (nSPS) is 54.1. The Morgan fingerprint density at radius 1 is 1.19 bits per heavy atom. The van der Waals surface area contributed by atoms with Crippen LogP contribution in [0.3, 0.4) is 0 Å². The van der Waals surface area contributed by atoms with E-state index >= 15 is 0 Å². The van der Waals surface area contributed by atoms with Gasteiger partial charge in [0.05, 0.1) is 0 Å². The molecule has 1 nitrogen and oxygen atoms in total. The first-order valence-corrected chi connectivity index (χ1v) is 6.92. The van der Waals surface area contributed by atoms with E-state index in [4.69, 9.17) is 0 Å². The first-order valence-electron chi connectivity index (χ1n) is 6.92. The monoisotopic (exact) mass is 220 g/mol. The van der Waals surface area contributed by atoms with Gasteiger partial charge in [0.2, 0.25) is 0 Å². The molecule has 0 saturated heterocycles. The lowest BCUT2D eigenvalue weighted by atomic mass is 9.65. The van der Waals surface area contributed by atoms with Gasteiger partial charge in [-0.15, -0.1) is 0 Å². The number of ketones is 1. The molecule has 3 rings (SSSR count). The molecule has 1 heteroatoms. The van der Waals surface area contributed by atoms with E-state index in [2.05, 4.69) is 27.7 Å². The van der Waals surface area contributed by atoms with Gasteiger partial charge < -0.3 is 0 Å². The Bertz CT molecular complexity index is 343. The lowest BCUT2D eigenvalue weighted by Crippen LogP contribution is -2.36. The molecule has 0 N–H and O–H groups in total. The van der Waals surface area contributed by atoms with Crippen LogP contribution in [0.15, 0.2) is 0 Å². The molecule has 0 aromatic rings. The fraction of sp³-hybridized carbons (Fsp3) is 0.933. The summed E-state index contributed by atoms with van der Waals surface area (Å²) < 4.78 is 0. The van der Waals surface area contributed by atoms with E-state index in [1.165, 1.54) is 19.3 Å². The van der Waals surface area contributed by atoms with Crippen LogP contribution in [0.1, 0.15) is 53.4 Å². The summed E-state index contributed by atoms with van der Waals surface area (Å²) in [7, 11) is 0. The van der Waals surface area contributed by atoms with Crippen LogP contribution in [0.25, 0.3) is 0 Å². The molecule has 90 valence electrons. The van der Waals surface area contributed by atoms with Gasteiger partial charge in [-0.3, -0.25) is 4.79 Å². The van der Waals surface area contributed by atoms with Gasteiger partial charge >= 0.3 is 0 Å². The van der Waals surface area contributed by atoms with Crippen LogP contribution in [-0.4, -0.2) is 5.78 Å². The van der Waals surface area contributed by atoms with E-state index in [1.807, 2.05) is 0 Å². The van der Waals surface area contributed by atoms with Crippen molar-refractivity contribution in [2.75, 3.05) is 0 Å². The Kier molecular flexibility index (Phi) is 1.97. The standard InChI is InChI=1S/C15H24O/c1-9-5-6-13-14(3,4)11-7-15(9,13)8-12(16)10(11)2/h9-11,13H,5-8H2,1-4H3/t9-,10+,11+,13-,15+/m0/s1. The summed E-state index contributed by atoms with van der Waals surface area (Å²) in [5.74, 6) is 3.12. The highest BCUT2D eigenvalue weighted by Gasteiger charge is 2.66. The van der Waals surface area contributed by atoms with E-state index in [1.54, 1.807) is 0 Å². The maximum atomic E-state index is 12.2. The average Bonchev–Trinajstić information content (AvgIpc) is 2.59. The van der Waals surface area contributed by atoms with Crippen molar-refractivity contribution in [3.63, 3.8) is 0 Å². The Balaban J connectivity index is 2.10. The Hall–Kier alpha value is -0.330. The number of Topliss-reactive ketones (excluding diaryl/α,β-unsaturated/α-hetero) is 1. The molecule has 5 atom stereocenters. The molecule has 0 unspecified atom stereocenters. The maximum Gasteiger partial charge on any atom is 0.136 e. The van der Waals surface area contributed by atoms with E-state index in [0.717, 1.165) is 18.3 Å². The predicted octanol–water partition coefficient (Wildman–Crippen LogP) is 3.67.